The predicted molar refractivity (Wildman–Crippen MR) is 62.0 cm³/mol. The van der Waals surface area contributed by atoms with Crippen molar-refractivity contribution >= 4 is 0 Å². The van der Waals surface area contributed by atoms with Crippen molar-refractivity contribution in [1.82, 2.24) is 15.1 Å². The van der Waals surface area contributed by atoms with Gasteiger partial charge in [-0.2, -0.15) is 0 Å². The van der Waals surface area contributed by atoms with E-state index in [0.717, 1.165) is 18.1 Å². The smallest absolute Gasteiger partial charge is 0.0236 e. The number of piperazine rings is 1. The van der Waals surface area contributed by atoms with Gasteiger partial charge in [-0.25, -0.2) is 0 Å². The Kier molecular flexibility index (Phi) is 2.71. The molecule has 3 aliphatic rings. The van der Waals surface area contributed by atoms with E-state index in [9.17, 15) is 0 Å². The zero-order chi connectivity index (χ0) is 10.3. The third kappa shape index (κ3) is 1.81. The molecular weight excluding hydrogens is 186 g/mol. The van der Waals surface area contributed by atoms with Gasteiger partial charge in [0.25, 0.3) is 0 Å². The number of nitrogens with zero attached hydrogens (tertiary/aromatic N) is 2. The molecule has 0 aromatic heterocycles. The van der Waals surface area contributed by atoms with E-state index < -0.39 is 0 Å². The van der Waals surface area contributed by atoms with Gasteiger partial charge in [0, 0.05) is 37.8 Å². The average Bonchev–Trinajstić information content (AvgIpc) is 2.85. The zero-order valence-electron chi connectivity index (χ0n) is 9.78. The first-order valence-electron chi connectivity index (χ1n) is 6.55. The first kappa shape index (κ1) is 10.1. The lowest BCUT2D eigenvalue weighted by Crippen LogP contribution is -2.58. The molecule has 3 aliphatic heterocycles. The van der Waals surface area contributed by atoms with Crippen LogP contribution in [-0.4, -0.2) is 60.6 Å². The molecule has 3 heterocycles. The minimum atomic E-state index is 0.768. The van der Waals surface area contributed by atoms with Gasteiger partial charge in [-0.3, -0.25) is 9.80 Å². The number of hydrogen-bond donors (Lipinski definition) is 1. The molecule has 3 heteroatoms. The molecule has 0 aromatic rings. The lowest BCUT2D eigenvalue weighted by Gasteiger charge is -2.45. The molecule has 3 nitrogen and oxygen atoms in total. The van der Waals surface area contributed by atoms with Crippen molar-refractivity contribution in [3.05, 3.63) is 0 Å². The van der Waals surface area contributed by atoms with Crippen LogP contribution in [0.15, 0.2) is 0 Å². The molecule has 0 aliphatic carbocycles. The van der Waals surface area contributed by atoms with Crippen molar-refractivity contribution in [2.45, 2.75) is 44.3 Å². The Morgan fingerprint density at radius 2 is 2.07 bits per heavy atom. The maximum Gasteiger partial charge on any atom is 0.0236 e. The normalized spacial score (nSPS) is 43.4. The summed E-state index contributed by atoms with van der Waals surface area (Å²) in [5.74, 6) is 0. The first-order chi connectivity index (χ1) is 7.34. The van der Waals surface area contributed by atoms with Gasteiger partial charge in [-0.1, -0.05) is 0 Å². The lowest BCUT2D eigenvalue weighted by molar-refractivity contribution is 0.0335. The Balaban J connectivity index is 1.67. The summed E-state index contributed by atoms with van der Waals surface area (Å²) in [6.45, 7) is 8.84. The molecule has 3 fully saturated rings. The van der Waals surface area contributed by atoms with Crippen molar-refractivity contribution in [3.63, 3.8) is 0 Å². The topological polar surface area (TPSA) is 18.5 Å². The molecule has 0 radical (unpaired) electrons. The van der Waals surface area contributed by atoms with Crippen LogP contribution in [0.25, 0.3) is 0 Å². The van der Waals surface area contributed by atoms with E-state index in [4.69, 9.17) is 0 Å². The molecular formula is C12H23N3. The van der Waals surface area contributed by atoms with Gasteiger partial charge in [0.2, 0.25) is 0 Å². The SMILES string of the molecule is CC1CN2CCCC2CN1C1CCNC1. The minimum absolute atomic E-state index is 0.768. The third-order valence-electron chi connectivity index (χ3n) is 4.49. The molecule has 86 valence electrons. The van der Waals surface area contributed by atoms with Crippen LogP contribution in [0.3, 0.4) is 0 Å². The van der Waals surface area contributed by atoms with Crippen LogP contribution in [0.1, 0.15) is 26.2 Å². The van der Waals surface area contributed by atoms with Gasteiger partial charge >= 0.3 is 0 Å². The highest BCUT2D eigenvalue weighted by molar-refractivity contribution is 4.94. The number of hydrogen-bond acceptors (Lipinski definition) is 3. The Morgan fingerprint density at radius 1 is 1.13 bits per heavy atom. The summed E-state index contributed by atoms with van der Waals surface area (Å²) >= 11 is 0. The van der Waals surface area contributed by atoms with E-state index >= 15 is 0 Å². The van der Waals surface area contributed by atoms with E-state index in [1.54, 1.807) is 0 Å². The second-order valence-corrected chi connectivity index (χ2v) is 5.48. The zero-order valence-corrected chi connectivity index (χ0v) is 9.78. The number of rotatable bonds is 1. The van der Waals surface area contributed by atoms with Crippen LogP contribution in [-0.2, 0) is 0 Å². The summed E-state index contributed by atoms with van der Waals surface area (Å²) in [6, 6.07) is 2.47. The molecule has 3 rings (SSSR count). The molecule has 0 aromatic carbocycles. The Morgan fingerprint density at radius 3 is 2.87 bits per heavy atom. The standard InChI is InChI=1S/C12H23N3/c1-10-8-14-6-2-3-12(14)9-15(10)11-4-5-13-7-11/h10-13H,2-9H2,1H3. The van der Waals surface area contributed by atoms with E-state index in [1.165, 1.54) is 52.0 Å². The molecule has 0 saturated carbocycles. The van der Waals surface area contributed by atoms with Gasteiger partial charge < -0.3 is 5.32 Å². The molecule has 0 amide bonds. The second kappa shape index (κ2) is 4.04. The third-order valence-corrected chi connectivity index (χ3v) is 4.49. The van der Waals surface area contributed by atoms with Crippen LogP contribution in [0, 0.1) is 0 Å². The summed E-state index contributed by atoms with van der Waals surface area (Å²) in [5, 5.41) is 3.49. The fourth-order valence-corrected chi connectivity index (χ4v) is 3.64. The summed E-state index contributed by atoms with van der Waals surface area (Å²) in [5.41, 5.74) is 0. The van der Waals surface area contributed by atoms with Gasteiger partial charge in [-0.15, -0.1) is 0 Å². The first-order valence-corrected chi connectivity index (χ1v) is 6.55. The van der Waals surface area contributed by atoms with E-state index in [0.29, 0.717) is 0 Å². The largest absolute Gasteiger partial charge is 0.315 e. The van der Waals surface area contributed by atoms with Gasteiger partial charge in [0.1, 0.15) is 0 Å². The van der Waals surface area contributed by atoms with Crippen LogP contribution in [0.5, 0.6) is 0 Å². The van der Waals surface area contributed by atoms with Crippen molar-refractivity contribution in [3.8, 4) is 0 Å². The highest BCUT2D eigenvalue weighted by Gasteiger charge is 2.37. The molecule has 3 unspecified atom stereocenters. The van der Waals surface area contributed by atoms with Crippen molar-refractivity contribution in [2.24, 2.45) is 0 Å². The Bertz CT molecular complexity index is 225. The van der Waals surface area contributed by atoms with E-state index in [2.05, 4.69) is 22.0 Å². The van der Waals surface area contributed by atoms with Crippen molar-refractivity contribution in [1.29, 1.82) is 0 Å². The average molecular weight is 209 g/mol. The lowest BCUT2D eigenvalue weighted by atomic mass is 10.0. The van der Waals surface area contributed by atoms with Gasteiger partial charge in [0.05, 0.1) is 0 Å². The highest BCUT2D eigenvalue weighted by atomic mass is 15.3. The Hall–Kier alpha value is -0.120. The molecule has 0 spiro atoms. The minimum Gasteiger partial charge on any atom is -0.315 e. The van der Waals surface area contributed by atoms with E-state index in [1.807, 2.05) is 0 Å². The summed E-state index contributed by atoms with van der Waals surface area (Å²) in [6.07, 6.45) is 4.22. The summed E-state index contributed by atoms with van der Waals surface area (Å²) < 4.78 is 0. The molecule has 3 saturated heterocycles. The predicted octanol–water partition coefficient (Wildman–Crippen LogP) is 0.517. The van der Waals surface area contributed by atoms with Crippen molar-refractivity contribution in [2.75, 3.05) is 32.7 Å². The van der Waals surface area contributed by atoms with Gasteiger partial charge in [0.15, 0.2) is 0 Å². The molecule has 0 bridgehead atoms. The van der Waals surface area contributed by atoms with Crippen LogP contribution >= 0.6 is 0 Å². The summed E-state index contributed by atoms with van der Waals surface area (Å²) in [7, 11) is 0. The van der Waals surface area contributed by atoms with Crippen LogP contribution < -0.4 is 5.32 Å². The Labute approximate surface area is 92.8 Å². The van der Waals surface area contributed by atoms with Gasteiger partial charge in [-0.05, 0) is 39.3 Å². The van der Waals surface area contributed by atoms with Crippen LogP contribution in [0.2, 0.25) is 0 Å². The van der Waals surface area contributed by atoms with Crippen molar-refractivity contribution < 1.29 is 0 Å². The fraction of sp³-hybridized carbons (Fsp3) is 1.00. The maximum absolute atomic E-state index is 3.49. The van der Waals surface area contributed by atoms with E-state index in [-0.39, 0.29) is 0 Å². The van der Waals surface area contributed by atoms with Crippen LogP contribution in [0.4, 0.5) is 0 Å². The number of nitrogens with one attached hydrogen (secondary N) is 1. The number of fused-ring (bicyclic) bond motifs is 1. The molecule has 3 atom stereocenters. The summed E-state index contributed by atoms with van der Waals surface area (Å²) in [4.78, 5) is 5.48. The molecule has 15 heavy (non-hydrogen) atoms. The quantitative estimate of drug-likeness (QED) is 0.679. The highest BCUT2D eigenvalue weighted by Crippen LogP contribution is 2.27. The second-order valence-electron chi connectivity index (χ2n) is 5.48. The molecule has 1 N–H and O–H groups in total. The fourth-order valence-electron chi connectivity index (χ4n) is 3.64. The maximum atomic E-state index is 3.49. The monoisotopic (exact) mass is 209 g/mol.